The van der Waals surface area contributed by atoms with E-state index in [1.807, 2.05) is 19.1 Å². The highest BCUT2D eigenvalue weighted by atomic mass is 19.1. The second-order valence-corrected chi connectivity index (χ2v) is 11.2. The lowest BCUT2D eigenvalue weighted by molar-refractivity contribution is -0.138. The minimum absolute atomic E-state index is 0.338. The monoisotopic (exact) mass is 601 g/mol. The first kappa shape index (κ1) is 31.1. The van der Waals surface area contributed by atoms with Crippen molar-refractivity contribution in [1.29, 1.82) is 0 Å². The summed E-state index contributed by atoms with van der Waals surface area (Å²) in [6.07, 6.45) is 7.07. The number of aliphatic carboxylic acids is 1. The number of nitrogens with zero attached hydrogens (tertiary/aromatic N) is 5. The van der Waals surface area contributed by atoms with Crippen LogP contribution >= 0.6 is 0 Å². The fourth-order valence-corrected chi connectivity index (χ4v) is 5.45. The Kier molecular flexibility index (Phi) is 10.5. The first-order valence-corrected chi connectivity index (χ1v) is 15.3. The molecule has 0 aliphatic carbocycles. The van der Waals surface area contributed by atoms with Crippen molar-refractivity contribution in [3.05, 3.63) is 77.3 Å². The minimum atomic E-state index is -0.981. The molecule has 44 heavy (non-hydrogen) atoms. The number of hydrogen-bond donors (Lipinski definition) is 3. The maximum atomic E-state index is 13.8. The SMILES string of the molecule is Cc1nc(NC(CCN(CCCCc2ccc3c(n2)NCCC3)CCOc2cccnc2C)C(=O)O)c2ccc(F)cc2n1. The second kappa shape index (κ2) is 14.9. The third-order valence-corrected chi connectivity index (χ3v) is 7.85. The number of carbonyl (C=O) groups is 1. The molecule has 1 aromatic carbocycles. The summed E-state index contributed by atoms with van der Waals surface area (Å²) in [4.78, 5) is 32.4. The topological polar surface area (TPSA) is 125 Å². The lowest BCUT2D eigenvalue weighted by atomic mass is 10.1. The molecular formula is C33H40FN7O3. The van der Waals surface area contributed by atoms with Gasteiger partial charge in [-0.3, -0.25) is 9.88 Å². The van der Waals surface area contributed by atoms with Gasteiger partial charge in [0.15, 0.2) is 0 Å². The first-order valence-electron chi connectivity index (χ1n) is 15.3. The van der Waals surface area contributed by atoms with E-state index in [2.05, 4.69) is 42.6 Å². The molecule has 4 heterocycles. The van der Waals surface area contributed by atoms with Crippen molar-refractivity contribution in [3.8, 4) is 5.75 Å². The number of ether oxygens (including phenoxy) is 1. The lowest BCUT2D eigenvalue weighted by Gasteiger charge is -2.25. The van der Waals surface area contributed by atoms with Gasteiger partial charge in [0, 0.05) is 43.0 Å². The molecule has 0 radical (unpaired) electrons. The van der Waals surface area contributed by atoms with Crippen molar-refractivity contribution in [1.82, 2.24) is 24.8 Å². The quantitative estimate of drug-likeness (QED) is 0.157. The van der Waals surface area contributed by atoms with Crippen LogP contribution in [0.25, 0.3) is 10.9 Å². The van der Waals surface area contributed by atoms with Crippen LogP contribution in [0.1, 0.15) is 48.5 Å². The minimum Gasteiger partial charge on any atom is -0.490 e. The van der Waals surface area contributed by atoms with E-state index in [1.54, 1.807) is 19.2 Å². The third-order valence-electron chi connectivity index (χ3n) is 7.85. The second-order valence-electron chi connectivity index (χ2n) is 11.2. The number of fused-ring (bicyclic) bond motifs is 2. The number of anilines is 2. The van der Waals surface area contributed by atoms with Crippen LogP contribution in [-0.2, 0) is 17.6 Å². The van der Waals surface area contributed by atoms with Gasteiger partial charge < -0.3 is 20.5 Å². The molecule has 5 rings (SSSR count). The molecule has 232 valence electrons. The molecule has 1 aliphatic heterocycles. The Labute approximate surface area is 257 Å². The standard InChI is InChI=1S/C33H40FN7O3/c1-22-30(9-6-15-35-22)44-20-19-41(17-4-3-8-26-12-10-24-7-5-16-36-31(24)39-26)18-14-28(33(42)43)40-32-27-13-11-25(34)21-29(27)37-23(2)38-32/h6,9-13,15,21,28H,3-5,7-8,14,16-20H2,1-2H3,(H,36,39)(H,42,43)(H,37,38,40). The maximum Gasteiger partial charge on any atom is 0.326 e. The summed E-state index contributed by atoms with van der Waals surface area (Å²) in [6, 6.07) is 11.4. The van der Waals surface area contributed by atoms with E-state index >= 15 is 0 Å². The van der Waals surface area contributed by atoms with E-state index in [1.165, 1.54) is 17.7 Å². The van der Waals surface area contributed by atoms with E-state index in [0.717, 1.165) is 68.1 Å². The Bertz CT molecular complexity index is 1580. The number of carboxylic acids is 1. The van der Waals surface area contributed by atoms with Gasteiger partial charge in [-0.15, -0.1) is 0 Å². The summed E-state index contributed by atoms with van der Waals surface area (Å²) in [5.41, 5.74) is 3.63. The zero-order valence-electron chi connectivity index (χ0n) is 25.4. The molecule has 0 saturated carbocycles. The molecule has 3 N–H and O–H groups in total. The Morgan fingerprint density at radius 2 is 2.00 bits per heavy atom. The molecule has 1 unspecified atom stereocenters. The Hall–Kier alpha value is -4.38. The van der Waals surface area contributed by atoms with Gasteiger partial charge in [-0.2, -0.15) is 0 Å². The normalized spacial score (nSPS) is 13.4. The van der Waals surface area contributed by atoms with Gasteiger partial charge >= 0.3 is 5.97 Å². The molecular weight excluding hydrogens is 561 g/mol. The van der Waals surface area contributed by atoms with Crippen LogP contribution in [0.3, 0.4) is 0 Å². The zero-order valence-corrected chi connectivity index (χ0v) is 25.4. The molecule has 3 aromatic heterocycles. The predicted octanol–water partition coefficient (Wildman–Crippen LogP) is 5.19. The number of carboxylic acid groups (broad SMARTS) is 1. The summed E-state index contributed by atoms with van der Waals surface area (Å²) in [5, 5.41) is 17.2. The molecule has 0 fully saturated rings. The van der Waals surface area contributed by atoms with Crippen molar-refractivity contribution >= 4 is 28.5 Å². The molecule has 0 bridgehead atoms. The number of benzene rings is 1. The van der Waals surface area contributed by atoms with Crippen LogP contribution in [0.15, 0.2) is 48.7 Å². The number of nitrogens with one attached hydrogen (secondary N) is 2. The van der Waals surface area contributed by atoms with Gasteiger partial charge in [0.25, 0.3) is 0 Å². The fourth-order valence-electron chi connectivity index (χ4n) is 5.45. The van der Waals surface area contributed by atoms with Crippen molar-refractivity contribution in [2.45, 2.75) is 58.4 Å². The number of rotatable bonds is 15. The molecule has 0 saturated heterocycles. The lowest BCUT2D eigenvalue weighted by Crippen LogP contribution is -2.37. The van der Waals surface area contributed by atoms with Crippen LogP contribution in [0.2, 0.25) is 0 Å². The van der Waals surface area contributed by atoms with Crippen LogP contribution in [-0.4, -0.2) is 74.7 Å². The number of pyridine rings is 2. The highest BCUT2D eigenvalue weighted by Crippen LogP contribution is 2.23. The first-order chi connectivity index (χ1) is 21.4. The Morgan fingerprint density at radius 3 is 2.84 bits per heavy atom. The third kappa shape index (κ3) is 8.37. The molecule has 0 amide bonds. The van der Waals surface area contributed by atoms with Crippen LogP contribution in [0, 0.1) is 19.7 Å². The fraction of sp³-hybridized carbons (Fsp3) is 0.424. The average molecular weight is 602 g/mol. The summed E-state index contributed by atoms with van der Waals surface area (Å²) >= 11 is 0. The van der Waals surface area contributed by atoms with Gasteiger partial charge in [0.05, 0.1) is 11.2 Å². The average Bonchev–Trinajstić information content (AvgIpc) is 3.01. The van der Waals surface area contributed by atoms with Crippen molar-refractivity contribution in [2.75, 3.05) is 43.4 Å². The largest absolute Gasteiger partial charge is 0.490 e. The molecule has 0 spiro atoms. The maximum absolute atomic E-state index is 13.8. The predicted molar refractivity (Wildman–Crippen MR) is 169 cm³/mol. The zero-order chi connectivity index (χ0) is 30.9. The number of halogens is 1. The van der Waals surface area contributed by atoms with E-state index < -0.39 is 17.8 Å². The van der Waals surface area contributed by atoms with E-state index in [4.69, 9.17) is 9.72 Å². The summed E-state index contributed by atoms with van der Waals surface area (Å²) in [5.74, 6) is 1.19. The van der Waals surface area contributed by atoms with Crippen molar-refractivity contribution < 1.29 is 19.0 Å². The van der Waals surface area contributed by atoms with Crippen LogP contribution in [0.5, 0.6) is 5.75 Å². The molecule has 4 aromatic rings. The van der Waals surface area contributed by atoms with Crippen LogP contribution in [0.4, 0.5) is 16.0 Å². The van der Waals surface area contributed by atoms with Crippen LogP contribution < -0.4 is 15.4 Å². The van der Waals surface area contributed by atoms with Gasteiger partial charge in [-0.1, -0.05) is 6.07 Å². The molecule has 10 nitrogen and oxygen atoms in total. The van der Waals surface area contributed by atoms with E-state index in [0.29, 0.717) is 48.7 Å². The highest BCUT2D eigenvalue weighted by molar-refractivity contribution is 5.91. The summed E-state index contributed by atoms with van der Waals surface area (Å²) in [7, 11) is 0. The van der Waals surface area contributed by atoms with Gasteiger partial charge in [-0.05, 0) is 94.8 Å². The number of aryl methyl sites for hydroxylation is 4. The van der Waals surface area contributed by atoms with Crippen molar-refractivity contribution in [3.63, 3.8) is 0 Å². The van der Waals surface area contributed by atoms with Gasteiger partial charge in [0.2, 0.25) is 0 Å². The number of hydrogen-bond acceptors (Lipinski definition) is 9. The summed E-state index contributed by atoms with van der Waals surface area (Å²) < 4.78 is 19.8. The summed E-state index contributed by atoms with van der Waals surface area (Å²) in [6.45, 7) is 7.00. The number of unbranched alkanes of at least 4 members (excludes halogenated alkanes) is 1. The highest BCUT2D eigenvalue weighted by Gasteiger charge is 2.21. The molecule has 1 aliphatic rings. The van der Waals surface area contributed by atoms with Crippen molar-refractivity contribution in [2.24, 2.45) is 0 Å². The smallest absolute Gasteiger partial charge is 0.326 e. The van der Waals surface area contributed by atoms with E-state index in [-0.39, 0.29) is 0 Å². The van der Waals surface area contributed by atoms with Gasteiger partial charge in [-0.25, -0.2) is 24.1 Å². The van der Waals surface area contributed by atoms with E-state index in [9.17, 15) is 14.3 Å². The Balaban J connectivity index is 1.21. The molecule has 11 heteroatoms. The Morgan fingerprint density at radius 1 is 1.11 bits per heavy atom. The number of aromatic nitrogens is 4. The van der Waals surface area contributed by atoms with Gasteiger partial charge in [0.1, 0.15) is 41.7 Å². The molecule has 1 atom stereocenters.